The summed E-state index contributed by atoms with van der Waals surface area (Å²) in [6.45, 7) is 7.94. The van der Waals surface area contributed by atoms with Gasteiger partial charge in [-0.2, -0.15) is 0 Å². The summed E-state index contributed by atoms with van der Waals surface area (Å²) in [7, 11) is 0. The number of carbonyl (C=O) groups is 1. The average Bonchev–Trinajstić information content (AvgIpc) is 2.54. The predicted octanol–water partition coefficient (Wildman–Crippen LogP) is 1.89. The first-order valence-corrected chi connectivity index (χ1v) is 8.50. The standard InChI is InChI=1S/C18H29N3O2/c1-14-3-5-17(6-4-14)13-21-9-7-16(8-10-21)12-20-18(23)19-11-15(2)22/h3-6,15-16,22H,7-13H2,1-2H3,(H2,19,20,23)/t15-/m1/s1. The maximum Gasteiger partial charge on any atom is 0.314 e. The van der Waals surface area contributed by atoms with Gasteiger partial charge in [-0.15, -0.1) is 0 Å². The molecule has 0 bridgehead atoms. The van der Waals surface area contributed by atoms with Crippen LogP contribution in [0.25, 0.3) is 0 Å². The molecule has 1 saturated heterocycles. The number of aryl methyl sites for hydroxylation is 1. The number of hydrogen-bond donors (Lipinski definition) is 3. The second kappa shape index (κ2) is 8.89. The Balaban J connectivity index is 1.64. The number of urea groups is 1. The molecule has 5 nitrogen and oxygen atoms in total. The molecule has 0 aliphatic carbocycles. The smallest absolute Gasteiger partial charge is 0.314 e. The van der Waals surface area contributed by atoms with Gasteiger partial charge in [0.15, 0.2) is 0 Å². The molecule has 23 heavy (non-hydrogen) atoms. The minimum Gasteiger partial charge on any atom is -0.392 e. The SMILES string of the molecule is Cc1ccc(CN2CCC(CNC(=O)NC[C@@H](C)O)CC2)cc1. The molecule has 1 aliphatic rings. The zero-order valence-corrected chi connectivity index (χ0v) is 14.2. The quantitative estimate of drug-likeness (QED) is 0.750. The topological polar surface area (TPSA) is 64.6 Å². The minimum absolute atomic E-state index is 0.187. The summed E-state index contributed by atoms with van der Waals surface area (Å²) in [4.78, 5) is 14.1. The van der Waals surface area contributed by atoms with E-state index in [1.165, 1.54) is 11.1 Å². The van der Waals surface area contributed by atoms with E-state index in [1.807, 2.05) is 0 Å². The molecule has 128 valence electrons. The highest BCUT2D eigenvalue weighted by Crippen LogP contribution is 2.18. The summed E-state index contributed by atoms with van der Waals surface area (Å²) >= 11 is 0. The van der Waals surface area contributed by atoms with Crippen LogP contribution in [0.3, 0.4) is 0 Å². The Morgan fingerprint density at radius 3 is 2.52 bits per heavy atom. The number of amides is 2. The molecule has 0 saturated carbocycles. The Morgan fingerprint density at radius 1 is 1.26 bits per heavy atom. The molecule has 1 aromatic rings. The second-order valence-electron chi connectivity index (χ2n) is 6.65. The lowest BCUT2D eigenvalue weighted by Gasteiger charge is -2.32. The molecule has 5 heteroatoms. The van der Waals surface area contributed by atoms with Crippen molar-refractivity contribution < 1.29 is 9.90 Å². The number of aliphatic hydroxyl groups excluding tert-OH is 1. The summed E-state index contributed by atoms with van der Waals surface area (Å²) in [5.41, 5.74) is 2.66. The summed E-state index contributed by atoms with van der Waals surface area (Å²) in [5, 5.41) is 14.7. The zero-order chi connectivity index (χ0) is 16.7. The predicted molar refractivity (Wildman–Crippen MR) is 92.3 cm³/mol. The molecule has 0 aromatic heterocycles. The van der Waals surface area contributed by atoms with E-state index in [-0.39, 0.29) is 6.03 Å². The van der Waals surface area contributed by atoms with Gasteiger partial charge in [0.05, 0.1) is 6.10 Å². The number of nitrogens with zero attached hydrogens (tertiary/aromatic N) is 1. The highest BCUT2D eigenvalue weighted by atomic mass is 16.3. The molecule has 1 fully saturated rings. The molecular formula is C18H29N3O2. The number of carbonyl (C=O) groups excluding carboxylic acids is 1. The van der Waals surface area contributed by atoms with Crippen LogP contribution in [-0.4, -0.2) is 48.3 Å². The highest BCUT2D eigenvalue weighted by Gasteiger charge is 2.19. The molecular weight excluding hydrogens is 290 g/mol. The van der Waals surface area contributed by atoms with E-state index in [9.17, 15) is 4.79 Å². The van der Waals surface area contributed by atoms with Gasteiger partial charge >= 0.3 is 6.03 Å². The molecule has 2 amide bonds. The van der Waals surface area contributed by atoms with Crippen LogP contribution in [-0.2, 0) is 6.54 Å². The van der Waals surface area contributed by atoms with Gasteiger partial charge in [0.25, 0.3) is 0 Å². The molecule has 1 heterocycles. The van der Waals surface area contributed by atoms with Crippen LogP contribution in [0.4, 0.5) is 4.79 Å². The van der Waals surface area contributed by atoms with Crippen molar-refractivity contribution in [3.63, 3.8) is 0 Å². The van der Waals surface area contributed by atoms with Crippen LogP contribution in [0.1, 0.15) is 30.9 Å². The largest absolute Gasteiger partial charge is 0.392 e. The molecule has 1 aromatic carbocycles. The van der Waals surface area contributed by atoms with Crippen LogP contribution in [0.5, 0.6) is 0 Å². The van der Waals surface area contributed by atoms with Gasteiger partial charge in [-0.3, -0.25) is 4.90 Å². The van der Waals surface area contributed by atoms with Crippen molar-refractivity contribution in [2.45, 2.75) is 39.3 Å². The van der Waals surface area contributed by atoms with Crippen molar-refractivity contribution in [2.24, 2.45) is 5.92 Å². The van der Waals surface area contributed by atoms with E-state index >= 15 is 0 Å². The van der Waals surface area contributed by atoms with Crippen LogP contribution in [0.15, 0.2) is 24.3 Å². The summed E-state index contributed by atoms with van der Waals surface area (Å²) < 4.78 is 0. The summed E-state index contributed by atoms with van der Waals surface area (Å²) in [6.07, 6.45) is 1.72. The molecule has 1 atom stereocenters. The lowest BCUT2D eigenvalue weighted by molar-refractivity contribution is 0.172. The van der Waals surface area contributed by atoms with Crippen LogP contribution < -0.4 is 10.6 Å². The maximum atomic E-state index is 11.6. The van der Waals surface area contributed by atoms with Crippen LogP contribution in [0, 0.1) is 12.8 Å². The van der Waals surface area contributed by atoms with Crippen molar-refractivity contribution in [3.8, 4) is 0 Å². The van der Waals surface area contributed by atoms with E-state index in [2.05, 4.69) is 46.7 Å². The zero-order valence-electron chi connectivity index (χ0n) is 14.2. The number of likely N-dealkylation sites (tertiary alicyclic amines) is 1. The lowest BCUT2D eigenvalue weighted by atomic mass is 9.96. The lowest BCUT2D eigenvalue weighted by Crippen LogP contribution is -2.43. The monoisotopic (exact) mass is 319 g/mol. The third kappa shape index (κ3) is 6.59. The number of nitrogens with one attached hydrogen (secondary N) is 2. The summed E-state index contributed by atoms with van der Waals surface area (Å²) in [6, 6.07) is 8.55. The Morgan fingerprint density at radius 2 is 1.91 bits per heavy atom. The Hall–Kier alpha value is -1.59. The van der Waals surface area contributed by atoms with Gasteiger partial charge < -0.3 is 15.7 Å². The fourth-order valence-corrected chi connectivity index (χ4v) is 2.84. The third-order valence-electron chi connectivity index (χ3n) is 4.34. The van der Waals surface area contributed by atoms with Crippen LogP contribution >= 0.6 is 0 Å². The first kappa shape index (κ1) is 17.8. The van der Waals surface area contributed by atoms with E-state index in [1.54, 1.807) is 6.92 Å². The summed E-state index contributed by atoms with van der Waals surface area (Å²) in [5.74, 6) is 0.543. The fourth-order valence-electron chi connectivity index (χ4n) is 2.84. The van der Waals surface area contributed by atoms with Gasteiger partial charge in [0, 0.05) is 19.6 Å². The fraction of sp³-hybridized carbons (Fsp3) is 0.611. The number of benzene rings is 1. The molecule has 0 spiro atoms. The number of piperidine rings is 1. The first-order valence-electron chi connectivity index (χ1n) is 8.50. The minimum atomic E-state index is -0.509. The van der Waals surface area contributed by atoms with Gasteiger partial charge in [0.1, 0.15) is 0 Å². The molecule has 3 N–H and O–H groups in total. The molecule has 2 rings (SSSR count). The van der Waals surface area contributed by atoms with E-state index in [4.69, 9.17) is 5.11 Å². The highest BCUT2D eigenvalue weighted by molar-refractivity contribution is 5.73. The number of hydrogen-bond acceptors (Lipinski definition) is 3. The Kier molecular flexibility index (Phi) is 6.86. The van der Waals surface area contributed by atoms with Crippen molar-refractivity contribution in [1.29, 1.82) is 0 Å². The normalized spacial score (nSPS) is 17.7. The molecule has 0 unspecified atom stereocenters. The Bertz CT molecular complexity index is 480. The van der Waals surface area contributed by atoms with Crippen molar-refractivity contribution in [3.05, 3.63) is 35.4 Å². The maximum absolute atomic E-state index is 11.6. The van der Waals surface area contributed by atoms with E-state index in [0.717, 1.165) is 32.5 Å². The average molecular weight is 319 g/mol. The first-order chi connectivity index (χ1) is 11.0. The molecule has 1 aliphatic heterocycles. The van der Waals surface area contributed by atoms with E-state index in [0.29, 0.717) is 19.0 Å². The van der Waals surface area contributed by atoms with Gasteiger partial charge in [-0.1, -0.05) is 29.8 Å². The van der Waals surface area contributed by atoms with Crippen molar-refractivity contribution in [1.82, 2.24) is 15.5 Å². The Labute approximate surface area is 139 Å². The van der Waals surface area contributed by atoms with Crippen LogP contribution in [0.2, 0.25) is 0 Å². The third-order valence-corrected chi connectivity index (χ3v) is 4.34. The second-order valence-corrected chi connectivity index (χ2v) is 6.65. The number of rotatable bonds is 6. The van der Waals surface area contributed by atoms with Gasteiger partial charge in [-0.05, 0) is 51.3 Å². The van der Waals surface area contributed by atoms with Gasteiger partial charge in [0.2, 0.25) is 0 Å². The van der Waals surface area contributed by atoms with Crippen molar-refractivity contribution in [2.75, 3.05) is 26.2 Å². The number of aliphatic hydroxyl groups is 1. The molecule has 0 radical (unpaired) electrons. The van der Waals surface area contributed by atoms with E-state index < -0.39 is 6.10 Å². The van der Waals surface area contributed by atoms with Crippen molar-refractivity contribution >= 4 is 6.03 Å². The van der Waals surface area contributed by atoms with Gasteiger partial charge in [-0.25, -0.2) is 4.79 Å².